The highest BCUT2D eigenvalue weighted by molar-refractivity contribution is 5.69. The van der Waals surface area contributed by atoms with Gasteiger partial charge >= 0.3 is 5.97 Å². The lowest BCUT2D eigenvalue weighted by atomic mass is 9.74. The summed E-state index contributed by atoms with van der Waals surface area (Å²) < 4.78 is 0. The van der Waals surface area contributed by atoms with E-state index in [1.54, 1.807) is 0 Å². The second kappa shape index (κ2) is 6.47. The molecular weight excluding hydrogens is 220 g/mol. The molecule has 0 unspecified atom stereocenters. The Bertz CT molecular complexity index is 309. The first-order chi connectivity index (χ1) is 8.12. The number of azide groups is 1. The summed E-state index contributed by atoms with van der Waals surface area (Å²) in [6.07, 6.45) is 6.40. The van der Waals surface area contributed by atoms with Gasteiger partial charge in [0.05, 0.1) is 0 Å². The summed E-state index contributed by atoms with van der Waals surface area (Å²) >= 11 is 0. The predicted molar refractivity (Wildman–Crippen MR) is 63.6 cm³/mol. The van der Waals surface area contributed by atoms with Crippen LogP contribution >= 0.6 is 0 Å². The van der Waals surface area contributed by atoms with E-state index in [0.29, 0.717) is 12.3 Å². The van der Waals surface area contributed by atoms with Crippen molar-refractivity contribution >= 4 is 5.97 Å². The molecule has 0 aromatic carbocycles. The fraction of sp³-hybridized carbons (Fsp3) is 0.909. The molecule has 6 heteroatoms. The van der Waals surface area contributed by atoms with Crippen molar-refractivity contribution in [2.75, 3.05) is 0 Å². The molecule has 0 amide bonds. The van der Waals surface area contributed by atoms with Crippen LogP contribution in [0.4, 0.5) is 0 Å². The summed E-state index contributed by atoms with van der Waals surface area (Å²) in [5, 5.41) is 3.92. The molecule has 96 valence electrons. The molecule has 0 aliphatic heterocycles. The Morgan fingerprint density at radius 2 is 2.18 bits per heavy atom. The zero-order valence-electron chi connectivity index (χ0n) is 10.3. The summed E-state index contributed by atoms with van der Waals surface area (Å²) in [4.78, 5) is 18.1. The Morgan fingerprint density at radius 3 is 2.71 bits per heavy atom. The fourth-order valence-electron chi connectivity index (χ4n) is 2.58. The van der Waals surface area contributed by atoms with E-state index >= 15 is 0 Å². The Kier molecular flexibility index (Phi) is 5.25. The third-order valence-electron chi connectivity index (χ3n) is 3.72. The highest BCUT2D eigenvalue weighted by Crippen LogP contribution is 2.38. The molecule has 17 heavy (non-hydrogen) atoms. The van der Waals surface area contributed by atoms with Crippen LogP contribution in [0, 0.1) is 5.92 Å². The number of rotatable bonds is 5. The Morgan fingerprint density at radius 1 is 1.53 bits per heavy atom. The topological polar surface area (TPSA) is 101 Å². The van der Waals surface area contributed by atoms with Gasteiger partial charge in [-0.1, -0.05) is 31.3 Å². The quantitative estimate of drug-likeness (QED) is 0.346. The van der Waals surface area contributed by atoms with Crippen molar-refractivity contribution < 1.29 is 9.63 Å². The standard InChI is InChI=1S/C11H20N4O2/c1-11(14-15-12,8-7-10(16)17-13)9-5-3-2-4-6-9/h9H,2-8,13H2,1H3/t11-/m0/s1. The molecule has 1 fully saturated rings. The third kappa shape index (κ3) is 3.91. The van der Waals surface area contributed by atoms with Crippen LogP contribution in [0.3, 0.4) is 0 Å². The van der Waals surface area contributed by atoms with Gasteiger partial charge in [0.1, 0.15) is 0 Å². The van der Waals surface area contributed by atoms with Gasteiger partial charge in [-0.3, -0.25) is 4.79 Å². The number of carbonyl (C=O) groups excluding carboxylic acids is 1. The number of hydrogen-bond donors (Lipinski definition) is 1. The van der Waals surface area contributed by atoms with Gasteiger partial charge in [-0.2, -0.15) is 5.90 Å². The summed E-state index contributed by atoms with van der Waals surface area (Å²) in [5.74, 6) is 4.70. The second-order valence-electron chi connectivity index (χ2n) is 4.87. The van der Waals surface area contributed by atoms with Crippen LogP contribution in [0.15, 0.2) is 5.11 Å². The van der Waals surface area contributed by atoms with Crippen LogP contribution in [0.2, 0.25) is 0 Å². The number of carbonyl (C=O) groups is 1. The third-order valence-corrected chi connectivity index (χ3v) is 3.72. The second-order valence-corrected chi connectivity index (χ2v) is 4.87. The van der Waals surface area contributed by atoms with Crippen LogP contribution in [0.25, 0.3) is 10.4 Å². The van der Waals surface area contributed by atoms with Crippen molar-refractivity contribution in [2.24, 2.45) is 16.9 Å². The molecule has 1 aliphatic carbocycles. The smallest absolute Gasteiger partial charge is 0.324 e. The maximum Gasteiger partial charge on any atom is 0.324 e. The maximum atomic E-state index is 11.1. The molecule has 1 atom stereocenters. The van der Waals surface area contributed by atoms with Gasteiger partial charge in [-0.25, -0.2) is 0 Å². The van der Waals surface area contributed by atoms with E-state index in [0.717, 1.165) is 12.8 Å². The van der Waals surface area contributed by atoms with E-state index in [1.165, 1.54) is 19.3 Å². The summed E-state index contributed by atoms with van der Waals surface area (Å²) in [7, 11) is 0. The van der Waals surface area contributed by atoms with Crippen LogP contribution in [-0.4, -0.2) is 11.5 Å². The first kappa shape index (κ1) is 13.8. The molecule has 1 saturated carbocycles. The molecular formula is C11H20N4O2. The molecule has 0 aromatic rings. The largest absolute Gasteiger partial charge is 0.373 e. The van der Waals surface area contributed by atoms with E-state index in [2.05, 4.69) is 14.9 Å². The van der Waals surface area contributed by atoms with E-state index in [4.69, 9.17) is 11.4 Å². The Balaban J connectivity index is 2.66. The first-order valence-electron chi connectivity index (χ1n) is 6.08. The average Bonchev–Trinajstić information content (AvgIpc) is 2.37. The first-order valence-corrected chi connectivity index (χ1v) is 6.08. The fourth-order valence-corrected chi connectivity index (χ4v) is 2.58. The monoisotopic (exact) mass is 240 g/mol. The Labute approximate surface area is 101 Å². The summed E-state index contributed by atoms with van der Waals surface area (Å²) in [6.45, 7) is 1.92. The van der Waals surface area contributed by atoms with Crippen LogP contribution in [-0.2, 0) is 9.63 Å². The van der Waals surface area contributed by atoms with Crippen LogP contribution in [0.1, 0.15) is 51.9 Å². The van der Waals surface area contributed by atoms with E-state index in [1.807, 2.05) is 6.92 Å². The maximum absolute atomic E-state index is 11.1. The van der Waals surface area contributed by atoms with Gasteiger partial charge in [-0.05, 0) is 30.7 Å². The lowest BCUT2D eigenvalue weighted by molar-refractivity contribution is -0.144. The van der Waals surface area contributed by atoms with Crippen molar-refractivity contribution in [3.8, 4) is 0 Å². The number of hydrogen-bond acceptors (Lipinski definition) is 4. The molecule has 0 spiro atoms. The normalized spacial score (nSPS) is 20.1. The number of nitrogens with zero attached hydrogens (tertiary/aromatic N) is 3. The van der Waals surface area contributed by atoms with E-state index in [9.17, 15) is 4.79 Å². The lowest BCUT2D eigenvalue weighted by Crippen LogP contribution is -2.34. The minimum atomic E-state index is -0.497. The average molecular weight is 240 g/mol. The van der Waals surface area contributed by atoms with Crippen molar-refractivity contribution in [1.82, 2.24) is 0 Å². The van der Waals surface area contributed by atoms with Crippen LogP contribution < -0.4 is 5.90 Å². The minimum Gasteiger partial charge on any atom is -0.373 e. The predicted octanol–water partition coefficient (Wildman–Crippen LogP) is 2.83. The summed E-state index contributed by atoms with van der Waals surface area (Å²) in [6, 6.07) is 0. The van der Waals surface area contributed by atoms with E-state index < -0.39 is 11.5 Å². The van der Waals surface area contributed by atoms with Crippen molar-refractivity contribution in [3.63, 3.8) is 0 Å². The van der Waals surface area contributed by atoms with E-state index in [-0.39, 0.29) is 6.42 Å². The van der Waals surface area contributed by atoms with Crippen molar-refractivity contribution in [3.05, 3.63) is 10.4 Å². The highest BCUT2D eigenvalue weighted by atomic mass is 16.7. The lowest BCUT2D eigenvalue weighted by Gasteiger charge is -2.36. The zero-order chi connectivity index (χ0) is 12.7. The molecule has 0 aromatic heterocycles. The molecule has 1 rings (SSSR count). The molecule has 0 saturated heterocycles. The molecule has 1 aliphatic rings. The Hall–Kier alpha value is -1.26. The summed E-state index contributed by atoms with van der Waals surface area (Å²) in [5.41, 5.74) is 8.18. The number of nitrogens with two attached hydrogens (primary N) is 1. The molecule has 0 bridgehead atoms. The van der Waals surface area contributed by atoms with Gasteiger partial charge in [0.2, 0.25) is 0 Å². The molecule has 0 radical (unpaired) electrons. The van der Waals surface area contributed by atoms with Crippen LogP contribution in [0.5, 0.6) is 0 Å². The van der Waals surface area contributed by atoms with Gasteiger partial charge in [0.25, 0.3) is 0 Å². The van der Waals surface area contributed by atoms with Crippen molar-refractivity contribution in [1.29, 1.82) is 0 Å². The SMILES string of the molecule is C[C@@](CCC(=O)ON)(N=[N+]=[N-])C1CCCCC1. The van der Waals surface area contributed by atoms with Gasteiger partial charge in [0.15, 0.2) is 0 Å². The molecule has 2 N–H and O–H groups in total. The van der Waals surface area contributed by atoms with Gasteiger partial charge in [0, 0.05) is 16.9 Å². The highest BCUT2D eigenvalue weighted by Gasteiger charge is 2.34. The van der Waals surface area contributed by atoms with Gasteiger partial charge in [-0.15, -0.1) is 0 Å². The minimum absolute atomic E-state index is 0.197. The van der Waals surface area contributed by atoms with Gasteiger partial charge < -0.3 is 4.84 Å². The van der Waals surface area contributed by atoms with Crippen molar-refractivity contribution in [2.45, 2.75) is 57.4 Å². The molecule has 6 nitrogen and oxygen atoms in total. The molecule has 0 heterocycles. The zero-order valence-corrected chi connectivity index (χ0v) is 10.3.